The summed E-state index contributed by atoms with van der Waals surface area (Å²) in [4.78, 5) is 45.7. The van der Waals surface area contributed by atoms with Crippen LogP contribution in [-0.4, -0.2) is 28.4 Å². The lowest BCUT2D eigenvalue weighted by Gasteiger charge is -2.38. The number of carbonyl (C=O) groups excluding carboxylic acids is 3. The van der Waals surface area contributed by atoms with Gasteiger partial charge in [-0.1, -0.05) is 89.4 Å². The number of fused-ring (bicyclic) bond motifs is 6. The van der Waals surface area contributed by atoms with Gasteiger partial charge in [-0.25, -0.2) is 0 Å². The van der Waals surface area contributed by atoms with E-state index in [9.17, 15) is 14.4 Å². The van der Waals surface area contributed by atoms with E-state index in [0.29, 0.717) is 16.3 Å². The number of benzene rings is 4. The Bertz CT molecular complexity index is 1820. The lowest BCUT2D eigenvalue weighted by molar-refractivity contribution is -0.122. The maximum atomic E-state index is 14.8. The minimum atomic E-state index is -1.45. The average molecular weight is 600 g/mol. The Kier molecular flexibility index (Phi) is 6.09. The molecule has 8 heteroatoms. The van der Waals surface area contributed by atoms with Crippen LogP contribution in [0.5, 0.6) is 0 Å². The van der Waals surface area contributed by atoms with E-state index in [2.05, 4.69) is 5.32 Å². The second-order valence-electron chi connectivity index (χ2n) is 10.4. The van der Waals surface area contributed by atoms with Gasteiger partial charge in [0.25, 0.3) is 0 Å². The van der Waals surface area contributed by atoms with E-state index in [1.165, 1.54) is 6.07 Å². The Morgan fingerprint density at radius 3 is 2.29 bits per heavy atom. The Morgan fingerprint density at radius 1 is 0.780 bits per heavy atom. The topological polar surface area (TPSA) is 66.5 Å². The molecule has 0 radical (unpaired) electrons. The summed E-state index contributed by atoms with van der Waals surface area (Å²) in [6, 6.07) is 24.7. The number of hydrogen-bond donors (Lipinski definition) is 1. The van der Waals surface area contributed by atoms with Gasteiger partial charge in [0.2, 0.25) is 5.91 Å². The molecule has 4 aromatic rings. The van der Waals surface area contributed by atoms with Crippen LogP contribution in [-0.2, 0) is 10.2 Å². The van der Waals surface area contributed by atoms with Gasteiger partial charge >= 0.3 is 0 Å². The Labute approximate surface area is 251 Å². The van der Waals surface area contributed by atoms with Crippen LogP contribution < -0.4 is 5.32 Å². The number of halogens is 3. The number of para-hydroxylation sites is 1. The summed E-state index contributed by atoms with van der Waals surface area (Å²) < 4.78 is 0. The second kappa shape index (κ2) is 9.59. The van der Waals surface area contributed by atoms with Crippen molar-refractivity contribution >= 4 is 64.0 Å². The minimum absolute atomic E-state index is 0.168. The Hall–Kier alpha value is -3.90. The van der Waals surface area contributed by atoms with Crippen LogP contribution >= 0.6 is 34.8 Å². The Morgan fingerprint density at radius 2 is 1.49 bits per heavy atom. The third-order valence-corrected chi connectivity index (χ3v) is 9.33. The molecule has 5 nitrogen and oxygen atoms in total. The highest BCUT2D eigenvalue weighted by Gasteiger charge is 2.70. The number of ketones is 2. The van der Waals surface area contributed by atoms with E-state index in [0.717, 1.165) is 11.1 Å². The monoisotopic (exact) mass is 598 g/mol. The predicted molar refractivity (Wildman–Crippen MR) is 161 cm³/mol. The molecule has 1 spiro atoms. The van der Waals surface area contributed by atoms with Crippen molar-refractivity contribution in [3.63, 3.8) is 0 Å². The van der Waals surface area contributed by atoms with Crippen molar-refractivity contribution in [1.82, 2.24) is 4.90 Å². The van der Waals surface area contributed by atoms with Crippen molar-refractivity contribution in [1.29, 1.82) is 0 Å². The molecule has 41 heavy (non-hydrogen) atoms. The zero-order valence-electron chi connectivity index (χ0n) is 21.4. The largest absolute Gasteiger partial charge is 0.358 e. The van der Waals surface area contributed by atoms with Gasteiger partial charge in [0.05, 0.1) is 22.0 Å². The molecule has 0 aromatic heterocycles. The van der Waals surface area contributed by atoms with Crippen LogP contribution in [0.3, 0.4) is 0 Å². The van der Waals surface area contributed by atoms with E-state index in [1.807, 2.05) is 65.7 Å². The molecular formula is C33H21Cl3N2O3. The molecule has 0 aliphatic carbocycles. The number of nitrogens with one attached hydrogen (secondary N) is 1. The van der Waals surface area contributed by atoms with Crippen LogP contribution in [0.2, 0.25) is 15.1 Å². The first-order chi connectivity index (χ1) is 19.8. The quantitative estimate of drug-likeness (QED) is 0.245. The third kappa shape index (κ3) is 3.66. The normalized spacial score (nSPS) is 23.6. The average Bonchev–Trinajstić information content (AvgIpc) is 3.45. The number of carbonyl (C=O) groups is 3. The smallest absolute Gasteiger partial charge is 0.238 e. The first kappa shape index (κ1) is 26.0. The van der Waals surface area contributed by atoms with Crippen LogP contribution in [0.4, 0.5) is 5.69 Å². The van der Waals surface area contributed by atoms with E-state index in [-0.39, 0.29) is 32.9 Å². The van der Waals surface area contributed by atoms with Crippen molar-refractivity contribution in [2.75, 3.05) is 5.32 Å². The van der Waals surface area contributed by atoms with Gasteiger partial charge in [0.15, 0.2) is 11.6 Å². The van der Waals surface area contributed by atoms with Crippen LogP contribution in [0.1, 0.15) is 43.4 Å². The standard InChI is InChI=1S/C33H21Cl3N2O3/c34-19-13-14-22(25(36)17-19)30(40)28-27(29(39)21-9-3-5-11-24(21)35)33(23-10-4-6-12-26(23)37-32(33)41)31-20-8-2-1-7-18(20)15-16-38(28)31/h1-17,27-28,31H,(H,37,41)/t27-,28+,31-,33+/m0/s1. The first-order valence-corrected chi connectivity index (χ1v) is 14.2. The van der Waals surface area contributed by atoms with Crippen molar-refractivity contribution in [2.45, 2.75) is 17.5 Å². The molecule has 3 heterocycles. The molecule has 0 bridgehead atoms. The highest BCUT2D eigenvalue weighted by molar-refractivity contribution is 6.37. The fourth-order valence-corrected chi connectivity index (χ4v) is 7.58. The van der Waals surface area contributed by atoms with E-state index in [4.69, 9.17) is 34.8 Å². The molecule has 1 fully saturated rings. The van der Waals surface area contributed by atoms with Crippen LogP contribution in [0.25, 0.3) is 6.08 Å². The number of rotatable bonds is 4. The summed E-state index contributed by atoms with van der Waals surface area (Å²) in [5.41, 5.74) is 2.03. The molecule has 4 atom stereocenters. The molecule has 1 N–H and O–H groups in total. The van der Waals surface area contributed by atoms with Crippen molar-refractivity contribution in [3.8, 4) is 0 Å². The molecule has 0 unspecified atom stereocenters. The van der Waals surface area contributed by atoms with Gasteiger partial charge < -0.3 is 10.2 Å². The van der Waals surface area contributed by atoms with Gasteiger partial charge in [-0.3, -0.25) is 14.4 Å². The summed E-state index contributed by atoms with van der Waals surface area (Å²) in [6.07, 6.45) is 3.72. The maximum absolute atomic E-state index is 14.8. The number of anilines is 1. The second-order valence-corrected chi connectivity index (χ2v) is 11.7. The molecule has 4 aromatic carbocycles. The lowest BCUT2D eigenvalue weighted by atomic mass is 9.62. The minimum Gasteiger partial charge on any atom is -0.358 e. The van der Waals surface area contributed by atoms with Crippen molar-refractivity contribution in [3.05, 3.63) is 140 Å². The number of hydrogen-bond acceptors (Lipinski definition) is 4. The molecule has 7 rings (SSSR count). The van der Waals surface area contributed by atoms with E-state index in [1.54, 1.807) is 36.4 Å². The summed E-state index contributed by atoms with van der Waals surface area (Å²) >= 11 is 19.3. The summed E-state index contributed by atoms with van der Waals surface area (Å²) in [7, 11) is 0. The fraction of sp³-hybridized carbons (Fsp3) is 0.121. The van der Waals surface area contributed by atoms with Gasteiger partial charge in [-0.05, 0) is 59.2 Å². The zero-order chi connectivity index (χ0) is 28.5. The highest BCUT2D eigenvalue weighted by Crippen LogP contribution is 2.62. The van der Waals surface area contributed by atoms with Crippen LogP contribution in [0, 0.1) is 5.92 Å². The maximum Gasteiger partial charge on any atom is 0.238 e. The highest BCUT2D eigenvalue weighted by atomic mass is 35.5. The number of amides is 1. The lowest BCUT2D eigenvalue weighted by Crippen LogP contribution is -2.49. The molecule has 3 aliphatic heterocycles. The summed E-state index contributed by atoms with van der Waals surface area (Å²) in [6.45, 7) is 0. The van der Waals surface area contributed by atoms with Gasteiger partial charge in [-0.2, -0.15) is 0 Å². The summed E-state index contributed by atoms with van der Waals surface area (Å²) in [5.74, 6) is -2.28. The van der Waals surface area contributed by atoms with Crippen LogP contribution in [0.15, 0.2) is 97.2 Å². The van der Waals surface area contributed by atoms with Gasteiger partial charge in [-0.15, -0.1) is 0 Å². The first-order valence-electron chi connectivity index (χ1n) is 13.1. The molecule has 0 saturated carbocycles. The molecule has 3 aliphatic rings. The van der Waals surface area contributed by atoms with Crippen molar-refractivity contribution < 1.29 is 14.4 Å². The van der Waals surface area contributed by atoms with E-state index >= 15 is 0 Å². The molecular weight excluding hydrogens is 579 g/mol. The number of Topliss-reactive ketones (excluding diaryl/α,β-unsaturated/α-hetero) is 2. The van der Waals surface area contributed by atoms with E-state index < -0.39 is 29.2 Å². The Balaban J connectivity index is 1.56. The molecule has 202 valence electrons. The van der Waals surface area contributed by atoms with Crippen molar-refractivity contribution in [2.24, 2.45) is 5.92 Å². The SMILES string of the molecule is O=C(c1ccccc1Cl)[C@@H]1[C@H](C(=O)c2ccc(Cl)cc2Cl)N2C=Cc3ccccc3[C@H]2[C@]12C(=O)Nc1ccccc12. The van der Waals surface area contributed by atoms with Gasteiger partial charge in [0.1, 0.15) is 11.5 Å². The third-order valence-electron chi connectivity index (χ3n) is 8.46. The predicted octanol–water partition coefficient (Wildman–Crippen LogP) is 7.63. The molecule has 1 amide bonds. The molecule has 1 saturated heterocycles. The summed E-state index contributed by atoms with van der Waals surface area (Å²) in [5, 5.41) is 3.83. The zero-order valence-corrected chi connectivity index (χ0v) is 23.6. The fourth-order valence-electron chi connectivity index (χ4n) is 6.84. The number of nitrogens with zero attached hydrogens (tertiary/aromatic N) is 1. The van der Waals surface area contributed by atoms with Gasteiger partial charge in [0, 0.05) is 28.0 Å².